The Morgan fingerprint density at radius 3 is 2.85 bits per heavy atom. The van der Waals surface area contributed by atoms with Crippen molar-refractivity contribution in [2.45, 2.75) is 25.3 Å². The van der Waals surface area contributed by atoms with Gasteiger partial charge in [-0.05, 0) is 37.6 Å². The quantitative estimate of drug-likeness (QED) is 0.771. The maximum absolute atomic E-state index is 14.0. The number of hydrogen-bond acceptors (Lipinski definition) is 4. The van der Waals surface area contributed by atoms with Gasteiger partial charge in [-0.25, -0.2) is 9.37 Å². The molecule has 0 spiro atoms. The molecule has 5 nitrogen and oxygen atoms in total. The lowest BCUT2D eigenvalue weighted by Crippen LogP contribution is -2.35. The lowest BCUT2D eigenvalue weighted by Gasteiger charge is -2.32. The van der Waals surface area contributed by atoms with Gasteiger partial charge in [-0.2, -0.15) is 0 Å². The second kappa shape index (κ2) is 7.80. The Morgan fingerprint density at radius 1 is 1.19 bits per heavy atom. The maximum atomic E-state index is 14.0. The summed E-state index contributed by atoms with van der Waals surface area (Å²) in [4.78, 5) is 26.1. The number of pyridine rings is 1. The smallest absolute Gasteiger partial charge is 0.251 e. The molecule has 138 valence electrons. The molecular weight excluding hydrogens is 343 g/mol. The molecule has 1 fully saturated rings. The first kappa shape index (κ1) is 17.5. The molecule has 3 heterocycles. The molecule has 0 saturated carbocycles. The van der Waals surface area contributed by atoms with E-state index in [4.69, 9.17) is 0 Å². The normalized spacial score (nSPS) is 17.7. The highest BCUT2D eigenvalue weighted by atomic mass is 19.1. The molecule has 1 atom stereocenters. The van der Waals surface area contributed by atoms with E-state index in [-0.39, 0.29) is 17.3 Å². The first-order valence-corrected chi connectivity index (χ1v) is 9.17. The largest absolute Gasteiger partial charge is 0.305 e. The molecule has 0 radical (unpaired) electrons. The van der Waals surface area contributed by atoms with E-state index in [2.05, 4.69) is 19.9 Å². The van der Waals surface area contributed by atoms with Crippen LogP contribution in [-0.2, 0) is 6.54 Å². The van der Waals surface area contributed by atoms with Gasteiger partial charge in [0.2, 0.25) is 0 Å². The predicted molar refractivity (Wildman–Crippen MR) is 102 cm³/mol. The molecule has 4 rings (SSSR count). The summed E-state index contributed by atoms with van der Waals surface area (Å²) in [5, 5.41) is 0. The van der Waals surface area contributed by atoms with Gasteiger partial charge in [-0.1, -0.05) is 24.3 Å². The minimum absolute atomic E-state index is 0.148. The van der Waals surface area contributed by atoms with Crippen molar-refractivity contribution in [1.29, 1.82) is 0 Å². The summed E-state index contributed by atoms with van der Waals surface area (Å²) in [6.45, 7) is 2.24. The number of halogens is 1. The zero-order chi connectivity index (χ0) is 18.6. The summed E-state index contributed by atoms with van der Waals surface area (Å²) in [6, 6.07) is 14.0. The molecule has 1 aromatic carbocycles. The van der Waals surface area contributed by atoms with E-state index < -0.39 is 0 Å². The van der Waals surface area contributed by atoms with E-state index in [9.17, 15) is 9.18 Å². The minimum atomic E-state index is -0.175. The topological polar surface area (TPSA) is 61.9 Å². The van der Waals surface area contributed by atoms with Gasteiger partial charge in [0.25, 0.3) is 5.56 Å². The van der Waals surface area contributed by atoms with E-state index in [0.717, 1.165) is 31.6 Å². The van der Waals surface area contributed by atoms with Crippen molar-refractivity contribution in [2.24, 2.45) is 0 Å². The molecular formula is C21H21FN4O. The van der Waals surface area contributed by atoms with E-state index in [1.807, 2.05) is 30.3 Å². The van der Waals surface area contributed by atoms with Crippen LogP contribution in [0.5, 0.6) is 0 Å². The Kier molecular flexibility index (Phi) is 5.07. The van der Waals surface area contributed by atoms with Crippen molar-refractivity contribution in [3.05, 3.63) is 82.2 Å². The highest BCUT2D eigenvalue weighted by molar-refractivity contribution is 5.48. The fourth-order valence-corrected chi connectivity index (χ4v) is 3.62. The van der Waals surface area contributed by atoms with Gasteiger partial charge >= 0.3 is 0 Å². The minimum Gasteiger partial charge on any atom is -0.305 e. The fourth-order valence-electron chi connectivity index (χ4n) is 3.62. The van der Waals surface area contributed by atoms with Gasteiger partial charge in [0.1, 0.15) is 11.5 Å². The summed E-state index contributed by atoms with van der Waals surface area (Å²) in [5.41, 5.74) is 1.95. The van der Waals surface area contributed by atoms with Crippen LogP contribution in [0.3, 0.4) is 0 Å². The van der Waals surface area contributed by atoms with Crippen LogP contribution in [-0.4, -0.2) is 32.9 Å². The summed E-state index contributed by atoms with van der Waals surface area (Å²) < 4.78 is 14.0. The van der Waals surface area contributed by atoms with Crippen molar-refractivity contribution in [3.63, 3.8) is 0 Å². The first-order chi connectivity index (χ1) is 13.2. The summed E-state index contributed by atoms with van der Waals surface area (Å²) >= 11 is 0. The second-order valence-corrected chi connectivity index (χ2v) is 6.90. The van der Waals surface area contributed by atoms with Crippen LogP contribution in [0.4, 0.5) is 4.39 Å². The average Bonchev–Trinajstić information content (AvgIpc) is 2.70. The van der Waals surface area contributed by atoms with Crippen LogP contribution >= 0.6 is 0 Å². The van der Waals surface area contributed by atoms with Crippen molar-refractivity contribution in [2.75, 3.05) is 13.1 Å². The van der Waals surface area contributed by atoms with Crippen molar-refractivity contribution in [3.8, 4) is 11.5 Å². The molecule has 1 saturated heterocycles. The summed E-state index contributed by atoms with van der Waals surface area (Å²) in [7, 11) is 0. The molecule has 0 amide bonds. The molecule has 1 aliphatic heterocycles. The number of benzene rings is 1. The number of nitrogens with one attached hydrogen (secondary N) is 1. The van der Waals surface area contributed by atoms with E-state index >= 15 is 0 Å². The van der Waals surface area contributed by atoms with Crippen molar-refractivity contribution >= 4 is 0 Å². The zero-order valence-corrected chi connectivity index (χ0v) is 14.9. The number of rotatable bonds is 4. The van der Waals surface area contributed by atoms with Crippen LogP contribution < -0.4 is 5.56 Å². The molecule has 0 bridgehead atoms. The maximum Gasteiger partial charge on any atom is 0.251 e. The Balaban J connectivity index is 1.55. The molecule has 1 N–H and O–H groups in total. The Labute approximate surface area is 156 Å². The summed E-state index contributed by atoms with van der Waals surface area (Å²) in [5.74, 6) is 0.464. The Bertz CT molecular complexity index is 973. The van der Waals surface area contributed by atoms with Gasteiger partial charge in [0, 0.05) is 36.8 Å². The number of hydrogen-bond donors (Lipinski definition) is 1. The Hall–Kier alpha value is -2.86. The van der Waals surface area contributed by atoms with Crippen LogP contribution in [0.2, 0.25) is 0 Å². The third-order valence-electron chi connectivity index (χ3n) is 4.94. The molecule has 0 unspecified atom stereocenters. The lowest BCUT2D eigenvalue weighted by atomic mass is 9.94. The van der Waals surface area contributed by atoms with E-state index in [1.165, 1.54) is 6.07 Å². The highest BCUT2D eigenvalue weighted by Crippen LogP contribution is 2.27. The van der Waals surface area contributed by atoms with Crippen LogP contribution in [0.25, 0.3) is 11.5 Å². The van der Waals surface area contributed by atoms with Gasteiger partial charge < -0.3 is 4.98 Å². The van der Waals surface area contributed by atoms with Crippen LogP contribution in [0.15, 0.2) is 59.5 Å². The predicted octanol–water partition coefficient (Wildman–Crippen LogP) is 3.35. The molecule has 2 aromatic heterocycles. The third kappa shape index (κ3) is 4.11. The second-order valence-electron chi connectivity index (χ2n) is 6.90. The SMILES string of the molecule is O=c1cc([C@@H]2CCCN(Cc3ccccc3F)C2)nc(-c2ccccn2)[nH]1. The van der Waals surface area contributed by atoms with Gasteiger partial charge in [-0.15, -0.1) is 0 Å². The molecule has 1 aliphatic rings. The van der Waals surface area contributed by atoms with Gasteiger partial charge in [0.05, 0.1) is 5.69 Å². The van der Waals surface area contributed by atoms with E-state index in [1.54, 1.807) is 18.3 Å². The number of aromatic amines is 1. The summed E-state index contributed by atoms with van der Waals surface area (Å²) in [6.07, 6.45) is 3.64. The van der Waals surface area contributed by atoms with Crippen LogP contribution in [0, 0.1) is 5.82 Å². The number of piperidine rings is 1. The number of likely N-dealkylation sites (tertiary alicyclic amines) is 1. The van der Waals surface area contributed by atoms with Crippen LogP contribution in [0.1, 0.15) is 30.0 Å². The molecule has 27 heavy (non-hydrogen) atoms. The first-order valence-electron chi connectivity index (χ1n) is 9.17. The monoisotopic (exact) mass is 364 g/mol. The molecule has 3 aromatic rings. The van der Waals surface area contributed by atoms with Gasteiger partial charge in [-0.3, -0.25) is 14.7 Å². The number of nitrogens with zero attached hydrogens (tertiary/aromatic N) is 3. The molecule has 0 aliphatic carbocycles. The van der Waals surface area contributed by atoms with Gasteiger partial charge in [0.15, 0.2) is 5.82 Å². The Morgan fingerprint density at radius 2 is 2.04 bits per heavy atom. The van der Waals surface area contributed by atoms with Crippen molar-refractivity contribution < 1.29 is 4.39 Å². The highest BCUT2D eigenvalue weighted by Gasteiger charge is 2.24. The number of aromatic nitrogens is 3. The zero-order valence-electron chi connectivity index (χ0n) is 14.9. The fraction of sp³-hybridized carbons (Fsp3) is 0.286. The van der Waals surface area contributed by atoms with E-state index in [0.29, 0.717) is 23.6 Å². The lowest BCUT2D eigenvalue weighted by molar-refractivity contribution is 0.196. The average molecular weight is 364 g/mol. The number of H-pyrrole nitrogens is 1. The standard InChI is InChI=1S/C21H21FN4O/c22-17-8-2-1-6-15(17)13-26-11-5-7-16(14-26)19-12-20(27)25-21(24-19)18-9-3-4-10-23-18/h1-4,6,8-10,12,16H,5,7,11,13-14H2,(H,24,25,27)/t16-/m1/s1. The third-order valence-corrected chi connectivity index (χ3v) is 4.94. The molecule has 6 heteroatoms. The van der Waals surface area contributed by atoms with Crippen molar-refractivity contribution in [1.82, 2.24) is 19.9 Å².